The van der Waals surface area contributed by atoms with E-state index in [1.54, 1.807) is 46.2 Å². The molecule has 0 fully saturated rings. The maximum Gasteiger partial charge on any atom is 0.326 e. The van der Waals surface area contributed by atoms with Gasteiger partial charge in [0.05, 0.1) is 24.1 Å². The van der Waals surface area contributed by atoms with Gasteiger partial charge in [0, 0.05) is 10.4 Å². The van der Waals surface area contributed by atoms with Crippen LogP contribution in [0.25, 0.3) is 11.0 Å². The first-order valence-corrected chi connectivity index (χ1v) is 9.26. The number of amides is 1. The van der Waals surface area contributed by atoms with Crippen molar-refractivity contribution in [3.8, 4) is 0 Å². The maximum absolute atomic E-state index is 13.1. The van der Waals surface area contributed by atoms with Gasteiger partial charge in [0.15, 0.2) is 0 Å². The van der Waals surface area contributed by atoms with E-state index in [-0.39, 0.29) is 17.4 Å². The number of halogens is 1. The molecule has 2 N–H and O–H groups in total. The minimum absolute atomic E-state index is 0.197. The number of hydrogen-bond acceptors (Lipinski definition) is 3. The summed E-state index contributed by atoms with van der Waals surface area (Å²) in [6, 6.07) is 15.0. The van der Waals surface area contributed by atoms with Gasteiger partial charge in [-0.3, -0.25) is 9.36 Å². The van der Waals surface area contributed by atoms with E-state index < -0.39 is 0 Å². The highest BCUT2D eigenvalue weighted by molar-refractivity contribution is 7.09. The Bertz CT molecular complexity index is 1140. The Morgan fingerprint density at radius 1 is 1.15 bits per heavy atom. The topological polar surface area (TPSA) is 66.9 Å². The first-order chi connectivity index (χ1) is 13.1. The molecule has 0 saturated carbocycles. The number of rotatable bonds is 5. The van der Waals surface area contributed by atoms with Gasteiger partial charge in [-0.2, -0.15) is 0 Å². The number of aromatic amines is 1. The molecule has 0 unspecified atom stereocenters. The lowest BCUT2D eigenvalue weighted by Gasteiger charge is -2.06. The summed E-state index contributed by atoms with van der Waals surface area (Å²) in [4.78, 5) is 28.5. The molecule has 1 amide bonds. The normalized spacial score (nSPS) is 11.0. The fourth-order valence-corrected chi connectivity index (χ4v) is 3.56. The van der Waals surface area contributed by atoms with Crippen molar-refractivity contribution in [3.63, 3.8) is 0 Å². The molecule has 0 radical (unpaired) electrons. The standard InChI is InChI=1S/C20H16FN3O2S/c21-15-6-3-13(4-7-15)12-24-18-8-5-14(10-17(18)23-20(24)26)19(25)22-11-16-2-1-9-27-16/h1-10H,11-12H2,(H,22,25)(H,23,26). The summed E-state index contributed by atoms with van der Waals surface area (Å²) in [6.07, 6.45) is 0. The van der Waals surface area contributed by atoms with E-state index in [9.17, 15) is 14.0 Å². The highest BCUT2D eigenvalue weighted by atomic mass is 32.1. The molecule has 2 heterocycles. The Balaban J connectivity index is 1.57. The summed E-state index contributed by atoms with van der Waals surface area (Å²) in [5.74, 6) is -0.513. The third-order valence-electron chi connectivity index (χ3n) is 4.29. The lowest BCUT2D eigenvalue weighted by Crippen LogP contribution is -2.22. The molecular weight excluding hydrogens is 365 g/mol. The van der Waals surface area contributed by atoms with E-state index in [0.717, 1.165) is 10.4 Å². The fraction of sp³-hybridized carbons (Fsp3) is 0.100. The van der Waals surface area contributed by atoms with Crippen molar-refractivity contribution in [3.05, 3.63) is 92.3 Å². The van der Waals surface area contributed by atoms with Crippen LogP contribution in [0.3, 0.4) is 0 Å². The highest BCUT2D eigenvalue weighted by Crippen LogP contribution is 2.15. The Kier molecular flexibility index (Phi) is 4.60. The minimum atomic E-state index is -0.316. The van der Waals surface area contributed by atoms with Crippen LogP contribution in [0.5, 0.6) is 0 Å². The summed E-state index contributed by atoms with van der Waals surface area (Å²) in [5.41, 5.74) is 2.31. The average molecular weight is 381 g/mol. The van der Waals surface area contributed by atoms with Gasteiger partial charge < -0.3 is 10.3 Å². The number of hydrogen-bond donors (Lipinski definition) is 2. The summed E-state index contributed by atoms with van der Waals surface area (Å²) in [7, 11) is 0. The van der Waals surface area contributed by atoms with Crippen molar-refractivity contribution in [2.24, 2.45) is 0 Å². The van der Waals surface area contributed by atoms with Crippen LogP contribution >= 0.6 is 11.3 Å². The van der Waals surface area contributed by atoms with Gasteiger partial charge in [-0.15, -0.1) is 11.3 Å². The Hall–Kier alpha value is -3.19. The predicted molar refractivity (Wildman–Crippen MR) is 104 cm³/mol. The van der Waals surface area contributed by atoms with Gasteiger partial charge in [0.25, 0.3) is 5.91 Å². The minimum Gasteiger partial charge on any atom is -0.347 e. The van der Waals surface area contributed by atoms with Crippen LogP contribution < -0.4 is 11.0 Å². The lowest BCUT2D eigenvalue weighted by atomic mass is 10.1. The van der Waals surface area contributed by atoms with Crippen molar-refractivity contribution in [1.82, 2.24) is 14.9 Å². The zero-order valence-corrected chi connectivity index (χ0v) is 15.1. The molecule has 4 aromatic rings. The van der Waals surface area contributed by atoms with Gasteiger partial charge in [0.2, 0.25) is 0 Å². The van der Waals surface area contributed by atoms with Gasteiger partial charge in [-0.05, 0) is 47.3 Å². The van der Waals surface area contributed by atoms with E-state index >= 15 is 0 Å². The smallest absolute Gasteiger partial charge is 0.326 e. The van der Waals surface area contributed by atoms with Gasteiger partial charge in [-0.25, -0.2) is 9.18 Å². The molecule has 0 atom stereocenters. The van der Waals surface area contributed by atoms with Crippen LogP contribution in [0.2, 0.25) is 0 Å². The van der Waals surface area contributed by atoms with Crippen molar-refractivity contribution >= 4 is 28.3 Å². The molecule has 0 aliphatic heterocycles. The second-order valence-corrected chi connectivity index (χ2v) is 7.17. The first kappa shape index (κ1) is 17.2. The number of aromatic nitrogens is 2. The molecule has 2 aromatic heterocycles. The molecule has 0 spiro atoms. The summed E-state index contributed by atoms with van der Waals surface area (Å²) < 4.78 is 14.6. The molecule has 0 bridgehead atoms. The van der Waals surface area contributed by atoms with Crippen molar-refractivity contribution < 1.29 is 9.18 Å². The zero-order chi connectivity index (χ0) is 18.8. The number of imidazole rings is 1. The van der Waals surface area contributed by atoms with Crippen LogP contribution in [-0.2, 0) is 13.1 Å². The number of nitrogens with one attached hydrogen (secondary N) is 2. The van der Waals surface area contributed by atoms with Gasteiger partial charge in [-0.1, -0.05) is 18.2 Å². The van der Waals surface area contributed by atoms with Crippen LogP contribution in [-0.4, -0.2) is 15.5 Å². The Labute approximate surface area is 158 Å². The molecule has 4 rings (SSSR count). The third-order valence-corrected chi connectivity index (χ3v) is 5.17. The number of thiophene rings is 1. The SMILES string of the molecule is O=C(NCc1cccs1)c1ccc2c(c1)[nH]c(=O)n2Cc1ccc(F)cc1. The molecular formula is C20H16FN3O2S. The largest absolute Gasteiger partial charge is 0.347 e. The molecule has 0 saturated heterocycles. The van der Waals surface area contributed by atoms with Crippen molar-refractivity contribution in [2.75, 3.05) is 0 Å². The average Bonchev–Trinajstić information content (AvgIpc) is 3.29. The van der Waals surface area contributed by atoms with Crippen LogP contribution in [0.4, 0.5) is 4.39 Å². The Morgan fingerprint density at radius 3 is 2.70 bits per heavy atom. The molecule has 136 valence electrons. The summed E-state index contributed by atoms with van der Waals surface area (Å²) in [5, 5.41) is 4.83. The molecule has 27 heavy (non-hydrogen) atoms. The Morgan fingerprint density at radius 2 is 1.96 bits per heavy atom. The molecule has 2 aromatic carbocycles. The number of H-pyrrole nitrogens is 1. The fourth-order valence-electron chi connectivity index (χ4n) is 2.92. The van der Waals surface area contributed by atoms with E-state index in [1.165, 1.54) is 12.1 Å². The number of carbonyl (C=O) groups excluding carboxylic acids is 1. The second kappa shape index (κ2) is 7.20. The van der Waals surface area contributed by atoms with E-state index in [0.29, 0.717) is 29.7 Å². The van der Waals surface area contributed by atoms with Gasteiger partial charge >= 0.3 is 5.69 Å². The summed E-state index contributed by atoms with van der Waals surface area (Å²) >= 11 is 1.58. The second-order valence-electron chi connectivity index (χ2n) is 6.14. The quantitative estimate of drug-likeness (QED) is 0.556. The van der Waals surface area contributed by atoms with Crippen molar-refractivity contribution in [1.29, 1.82) is 0 Å². The molecule has 5 nitrogen and oxygen atoms in total. The highest BCUT2D eigenvalue weighted by Gasteiger charge is 2.11. The van der Waals surface area contributed by atoms with E-state index in [2.05, 4.69) is 10.3 Å². The molecule has 0 aliphatic carbocycles. The summed E-state index contributed by atoms with van der Waals surface area (Å²) in [6.45, 7) is 0.791. The van der Waals surface area contributed by atoms with Crippen LogP contribution in [0.1, 0.15) is 20.8 Å². The first-order valence-electron chi connectivity index (χ1n) is 8.38. The predicted octanol–water partition coefficient (Wildman–Crippen LogP) is 3.51. The molecule has 7 heteroatoms. The third kappa shape index (κ3) is 3.68. The zero-order valence-electron chi connectivity index (χ0n) is 14.2. The number of benzene rings is 2. The number of nitrogens with zero attached hydrogens (tertiary/aromatic N) is 1. The monoisotopic (exact) mass is 381 g/mol. The van der Waals surface area contributed by atoms with Crippen molar-refractivity contribution in [2.45, 2.75) is 13.1 Å². The van der Waals surface area contributed by atoms with Crippen LogP contribution in [0, 0.1) is 5.82 Å². The number of carbonyl (C=O) groups is 1. The van der Waals surface area contributed by atoms with E-state index in [1.807, 2.05) is 17.5 Å². The lowest BCUT2D eigenvalue weighted by molar-refractivity contribution is 0.0951. The maximum atomic E-state index is 13.1. The number of fused-ring (bicyclic) bond motifs is 1. The van der Waals surface area contributed by atoms with E-state index in [4.69, 9.17) is 0 Å². The van der Waals surface area contributed by atoms with Gasteiger partial charge in [0.1, 0.15) is 5.82 Å². The van der Waals surface area contributed by atoms with Crippen LogP contribution in [0.15, 0.2) is 64.8 Å². The molecule has 0 aliphatic rings.